The Morgan fingerprint density at radius 3 is 2.27 bits per heavy atom. The molecule has 0 aliphatic carbocycles. The molecule has 2 bridgehead atoms. The first-order valence-corrected chi connectivity index (χ1v) is 9.10. The molecule has 2 aromatic rings. The second kappa shape index (κ2) is 7.16. The van der Waals surface area contributed by atoms with Gasteiger partial charge >= 0.3 is 0 Å². The lowest BCUT2D eigenvalue weighted by molar-refractivity contribution is -0.146. The third-order valence-electron chi connectivity index (χ3n) is 5.43. The van der Waals surface area contributed by atoms with Crippen molar-refractivity contribution in [3.8, 4) is 0 Å². The average molecular weight is 356 g/mol. The molecule has 2 aromatic carbocycles. The Labute approximate surface area is 152 Å². The predicted molar refractivity (Wildman–Crippen MR) is 95.1 cm³/mol. The van der Waals surface area contributed by atoms with Crippen LogP contribution in [0.1, 0.15) is 24.0 Å². The fraction of sp³-hybridized carbons (Fsp3) is 0.381. The van der Waals surface area contributed by atoms with E-state index in [1.807, 2.05) is 17.0 Å². The molecule has 2 heterocycles. The van der Waals surface area contributed by atoms with Crippen molar-refractivity contribution in [2.24, 2.45) is 5.92 Å². The maximum atomic E-state index is 13.5. The van der Waals surface area contributed by atoms with Crippen molar-refractivity contribution in [2.45, 2.75) is 32.0 Å². The molecule has 2 atom stereocenters. The first-order chi connectivity index (χ1) is 12.6. The highest BCUT2D eigenvalue weighted by Gasteiger charge is 2.41. The molecule has 0 N–H and O–H groups in total. The number of likely N-dealkylation sites (tertiary alicyclic amines) is 2. The molecule has 2 fully saturated rings. The zero-order valence-electron chi connectivity index (χ0n) is 14.6. The second-order valence-corrected chi connectivity index (χ2v) is 7.36. The van der Waals surface area contributed by atoms with Crippen LogP contribution < -0.4 is 0 Å². The van der Waals surface area contributed by atoms with Gasteiger partial charge in [0, 0.05) is 19.6 Å². The summed E-state index contributed by atoms with van der Waals surface area (Å²) in [5.74, 6) is 0.0524. The minimum absolute atomic E-state index is 0.0987. The summed E-state index contributed by atoms with van der Waals surface area (Å²) in [6, 6.07) is 12.8. The molecule has 0 aromatic heterocycles. The minimum atomic E-state index is -0.278. The number of rotatable bonds is 4. The molecule has 4 rings (SSSR count). The number of hydrogen-bond donors (Lipinski definition) is 0. The van der Waals surface area contributed by atoms with E-state index >= 15 is 0 Å². The van der Waals surface area contributed by atoms with E-state index in [0.717, 1.165) is 37.1 Å². The van der Waals surface area contributed by atoms with E-state index in [9.17, 15) is 13.6 Å². The molecule has 0 spiro atoms. The van der Waals surface area contributed by atoms with Gasteiger partial charge in [-0.2, -0.15) is 0 Å². The van der Waals surface area contributed by atoms with Gasteiger partial charge in [0.2, 0.25) is 5.91 Å². The Hall–Kier alpha value is -2.27. The summed E-state index contributed by atoms with van der Waals surface area (Å²) < 4.78 is 26.9. The molecule has 2 saturated heterocycles. The van der Waals surface area contributed by atoms with Gasteiger partial charge in [-0.05, 0) is 60.7 Å². The zero-order valence-corrected chi connectivity index (χ0v) is 14.6. The third kappa shape index (κ3) is 3.63. The van der Waals surface area contributed by atoms with Crippen molar-refractivity contribution in [3.05, 3.63) is 71.3 Å². The van der Waals surface area contributed by atoms with Crippen LogP contribution in [-0.4, -0.2) is 34.8 Å². The normalized spacial score (nSPS) is 23.3. The maximum absolute atomic E-state index is 13.5. The molecule has 136 valence electrons. The number of carbonyl (C=O) groups is 1. The maximum Gasteiger partial charge on any atom is 0.240 e. The smallest absolute Gasteiger partial charge is 0.240 e. The number of fused-ring (bicyclic) bond motifs is 2. The molecule has 0 unspecified atom stereocenters. The van der Waals surface area contributed by atoms with Gasteiger partial charge in [-0.25, -0.2) is 8.78 Å². The first-order valence-electron chi connectivity index (χ1n) is 9.10. The van der Waals surface area contributed by atoms with Crippen LogP contribution in [0.4, 0.5) is 8.78 Å². The molecule has 5 heteroatoms. The Bertz CT molecular complexity index is 810. The zero-order chi connectivity index (χ0) is 18.1. The van der Waals surface area contributed by atoms with Gasteiger partial charge in [0.15, 0.2) is 0 Å². The van der Waals surface area contributed by atoms with Crippen LogP contribution in [0, 0.1) is 17.6 Å². The average Bonchev–Trinajstić information content (AvgIpc) is 2.61. The number of piperidine rings is 2. The quantitative estimate of drug-likeness (QED) is 0.836. The van der Waals surface area contributed by atoms with Crippen LogP contribution in [0.3, 0.4) is 0 Å². The van der Waals surface area contributed by atoms with Crippen LogP contribution in [0.2, 0.25) is 0 Å². The molecule has 2 aliphatic rings. The SMILES string of the molecule is O=C1[C@H]2C[C@H](CCN2Cc2cccc(F)c2)CN1Cc1cccc(F)c1. The van der Waals surface area contributed by atoms with E-state index in [4.69, 9.17) is 0 Å². The number of halogens is 2. The van der Waals surface area contributed by atoms with Crippen LogP contribution in [0.5, 0.6) is 0 Å². The predicted octanol–water partition coefficient (Wildman–Crippen LogP) is 3.59. The van der Waals surface area contributed by atoms with Crippen molar-refractivity contribution in [3.63, 3.8) is 0 Å². The van der Waals surface area contributed by atoms with Crippen molar-refractivity contribution in [2.75, 3.05) is 13.1 Å². The highest BCUT2D eigenvalue weighted by atomic mass is 19.1. The fourth-order valence-corrected chi connectivity index (χ4v) is 4.18. The van der Waals surface area contributed by atoms with Gasteiger partial charge in [0.25, 0.3) is 0 Å². The summed E-state index contributed by atoms with van der Waals surface area (Å²) in [4.78, 5) is 17.0. The highest BCUT2D eigenvalue weighted by Crippen LogP contribution is 2.32. The topological polar surface area (TPSA) is 23.6 Å². The van der Waals surface area contributed by atoms with Crippen molar-refractivity contribution in [1.29, 1.82) is 0 Å². The number of benzene rings is 2. The van der Waals surface area contributed by atoms with Crippen LogP contribution in [-0.2, 0) is 17.9 Å². The Morgan fingerprint density at radius 2 is 1.62 bits per heavy atom. The Morgan fingerprint density at radius 1 is 0.962 bits per heavy atom. The Kier molecular flexibility index (Phi) is 4.72. The highest BCUT2D eigenvalue weighted by molar-refractivity contribution is 5.83. The summed E-state index contributed by atoms with van der Waals surface area (Å²) in [5, 5.41) is 0. The van der Waals surface area contributed by atoms with Crippen LogP contribution in [0.15, 0.2) is 48.5 Å². The van der Waals surface area contributed by atoms with Gasteiger partial charge in [0.05, 0.1) is 6.04 Å². The van der Waals surface area contributed by atoms with E-state index in [1.54, 1.807) is 12.1 Å². The molecular formula is C21H22F2N2O. The number of hydrogen-bond acceptors (Lipinski definition) is 2. The van der Waals surface area contributed by atoms with Gasteiger partial charge < -0.3 is 4.90 Å². The van der Waals surface area contributed by atoms with Crippen LogP contribution in [0.25, 0.3) is 0 Å². The number of carbonyl (C=O) groups excluding carboxylic acids is 1. The summed E-state index contributed by atoms with van der Waals surface area (Å²) >= 11 is 0. The lowest BCUT2D eigenvalue weighted by Gasteiger charge is -2.46. The third-order valence-corrected chi connectivity index (χ3v) is 5.43. The van der Waals surface area contributed by atoms with Gasteiger partial charge in [-0.15, -0.1) is 0 Å². The van der Waals surface area contributed by atoms with Crippen molar-refractivity contribution < 1.29 is 13.6 Å². The lowest BCUT2D eigenvalue weighted by atomic mass is 9.85. The van der Waals surface area contributed by atoms with Gasteiger partial charge in [-0.3, -0.25) is 9.69 Å². The van der Waals surface area contributed by atoms with E-state index in [-0.39, 0.29) is 23.6 Å². The molecule has 0 radical (unpaired) electrons. The second-order valence-electron chi connectivity index (χ2n) is 7.36. The molecule has 0 saturated carbocycles. The lowest BCUT2D eigenvalue weighted by Crippen LogP contribution is -2.58. The van der Waals surface area contributed by atoms with Crippen molar-refractivity contribution in [1.82, 2.24) is 9.80 Å². The summed E-state index contributed by atoms with van der Waals surface area (Å²) in [6.45, 7) is 2.61. The number of amides is 1. The number of nitrogens with zero attached hydrogens (tertiary/aromatic N) is 2. The molecule has 3 nitrogen and oxygen atoms in total. The first kappa shape index (κ1) is 17.2. The van der Waals surface area contributed by atoms with Crippen molar-refractivity contribution >= 4 is 5.91 Å². The standard InChI is InChI=1S/C21H22F2N2O/c22-18-5-1-3-15(9-18)12-24-8-7-17-11-20(24)21(26)25(14-17)13-16-4-2-6-19(23)10-16/h1-6,9-10,17,20H,7-8,11-14H2/t17-,20+/m0/s1. The van der Waals surface area contributed by atoms with E-state index in [0.29, 0.717) is 19.0 Å². The largest absolute Gasteiger partial charge is 0.337 e. The monoisotopic (exact) mass is 356 g/mol. The van der Waals surface area contributed by atoms with Crippen LogP contribution >= 0.6 is 0 Å². The molecular weight excluding hydrogens is 334 g/mol. The molecule has 1 amide bonds. The summed E-state index contributed by atoms with van der Waals surface area (Å²) in [5.41, 5.74) is 1.70. The van der Waals surface area contributed by atoms with Gasteiger partial charge in [-0.1, -0.05) is 24.3 Å². The summed E-state index contributed by atoms with van der Waals surface area (Å²) in [7, 11) is 0. The fourth-order valence-electron chi connectivity index (χ4n) is 4.18. The van der Waals surface area contributed by atoms with E-state index < -0.39 is 0 Å². The van der Waals surface area contributed by atoms with E-state index in [2.05, 4.69) is 4.90 Å². The molecule has 2 aliphatic heterocycles. The Balaban J connectivity index is 1.49. The minimum Gasteiger partial charge on any atom is -0.337 e. The van der Waals surface area contributed by atoms with E-state index in [1.165, 1.54) is 24.3 Å². The van der Waals surface area contributed by atoms with Gasteiger partial charge in [0.1, 0.15) is 11.6 Å². The summed E-state index contributed by atoms with van der Waals surface area (Å²) in [6.07, 6.45) is 1.88. The molecule has 26 heavy (non-hydrogen) atoms.